The van der Waals surface area contributed by atoms with E-state index in [9.17, 15) is 18.0 Å². The van der Waals surface area contributed by atoms with E-state index in [0.29, 0.717) is 28.4 Å². The Morgan fingerprint density at radius 3 is 2.54 bits per heavy atom. The minimum absolute atomic E-state index is 0.0151. The first kappa shape index (κ1) is 22.4. The van der Waals surface area contributed by atoms with E-state index in [2.05, 4.69) is 20.0 Å². The molecule has 0 saturated carbocycles. The molecule has 0 saturated heterocycles. The Kier molecular flexibility index (Phi) is 5.59. The maximum Gasteiger partial charge on any atom is 0.335 e. The van der Waals surface area contributed by atoms with Gasteiger partial charge in [-0.25, -0.2) is 18.2 Å². The van der Waals surface area contributed by atoms with Gasteiger partial charge >= 0.3 is 10.8 Å². The number of hydrogen-bond donors (Lipinski definition) is 4. The van der Waals surface area contributed by atoms with Crippen molar-refractivity contribution in [2.75, 3.05) is 10.0 Å². The summed E-state index contributed by atoms with van der Waals surface area (Å²) in [6, 6.07) is 17.1. The smallest absolute Gasteiger partial charge is 0.335 e. The molecule has 2 heterocycles. The Hall–Kier alpha value is -4.42. The van der Waals surface area contributed by atoms with Crippen LogP contribution in [0.1, 0.15) is 10.4 Å². The van der Waals surface area contributed by atoms with Crippen LogP contribution < -0.4 is 14.9 Å². The van der Waals surface area contributed by atoms with Gasteiger partial charge in [0.15, 0.2) is 0 Å². The largest absolute Gasteiger partial charge is 0.478 e. The molecule has 5 rings (SSSR count). The van der Waals surface area contributed by atoms with Gasteiger partial charge in [-0.3, -0.25) is 14.1 Å². The molecule has 0 fully saturated rings. The third-order valence-corrected chi connectivity index (χ3v) is 7.15. The number of sulfonamides is 1. The van der Waals surface area contributed by atoms with E-state index in [0.717, 1.165) is 11.3 Å². The Balaban J connectivity index is 1.38. The Morgan fingerprint density at radius 1 is 1.03 bits per heavy atom. The van der Waals surface area contributed by atoms with Crippen molar-refractivity contribution >= 4 is 55.7 Å². The molecule has 0 radical (unpaired) electrons. The number of hydrogen-bond acceptors (Lipinski definition) is 7. The van der Waals surface area contributed by atoms with E-state index in [4.69, 9.17) is 5.11 Å². The van der Waals surface area contributed by atoms with E-state index in [1.807, 2.05) is 18.2 Å². The number of carboxylic acids is 1. The van der Waals surface area contributed by atoms with Crippen LogP contribution in [0.15, 0.2) is 88.0 Å². The van der Waals surface area contributed by atoms with Crippen molar-refractivity contribution in [3.05, 3.63) is 93.5 Å². The predicted molar refractivity (Wildman–Crippen MR) is 134 cm³/mol. The molecule has 3 aromatic carbocycles. The van der Waals surface area contributed by atoms with Gasteiger partial charge in [-0.2, -0.15) is 0 Å². The molecule has 0 bridgehead atoms. The zero-order valence-electron chi connectivity index (χ0n) is 17.8. The second kappa shape index (κ2) is 8.74. The van der Waals surface area contributed by atoms with Gasteiger partial charge in [0, 0.05) is 23.0 Å². The lowest BCUT2D eigenvalue weighted by atomic mass is 10.2. The Bertz CT molecular complexity index is 1720. The van der Waals surface area contributed by atoms with Crippen LogP contribution in [0, 0.1) is 0 Å². The summed E-state index contributed by atoms with van der Waals surface area (Å²) < 4.78 is 29.6. The standard InChI is InChI=1S/C23H17N5O5S2/c29-21(30)14-4-6-15(7-5-14)27-35(32,33)18-8-9-19-20(13-18)26-22(25-19)24-16-2-1-3-17(12-16)28-10-11-34-23(28)31/h1-13,27H,(H,29,30)(H2,24,25,26). The fourth-order valence-electron chi connectivity index (χ4n) is 3.44. The Labute approximate surface area is 202 Å². The summed E-state index contributed by atoms with van der Waals surface area (Å²) >= 11 is 1.11. The number of carboxylic acid groups (broad SMARTS) is 1. The van der Waals surface area contributed by atoms with Crippen molar-refractivity contribution in [3.63, 3.8) is 0 Å². The normalized spacial score (nSPS) is 11.4. The van der Waals surface area contributed by atoms with Crippen molar-refractivity contribution in [1.29, 1.82) is 0 Å². The van der Waals surface area contributed by atoms with Crippen LogP contribution in [0.25, 0.3) is 16.7 Å². The lowest BCUT2D eigenvalue weighted by Gasteiger charge is -2.08. The number of nitrogens with one attached hydrogen (secondary N) is 3. The average Bonchev–Trinajstić information content (AvgIpc) is 3.44. The van der Waals surface area contributed by atoms with Crippen LogP contribution in [-0.4, -0.2) is 34.0 Å². The van der Waals surface area contributed by atoms with Crippen molar-refractivity contribution in [1.82, 2.24) is 14.5 Å². The van der Waals surface area contributed by atoms with Gasteiger partial charge in [0.25, 0.3) is 10.0 Å². The van der Waals surface area contributed by atoms with Crippen molar-refractivity contribution < 1.29 is 18.3 Å². The summed E-state index contributed by atoms with van der Waals surface area (Å²) in [6.45, 7) is 0. The molecule has 0 unspecified atom stereocenters. The van der Waals surface area contributed by atoms with Crippen molar-refractivity contribution in [3.8, 4) is 5.69 Å². The highest BCUT2D eigenvalue weighted by Gasteiger charge is 2.16. The number of imidazole rings is 1. The molecule has 0 aliphatic heterocycles. The van der Waals surface area contributed by atoms with Crippen LogP contribution in [0.5, 0.6) is 0 Å². The third kappa shape index (κ3) is 4.65. The molecule has 2 aromatic heterocycles. The number of carbonyl (C=O) groups is 1. The number of H-pyrrole nitrogens is 1. The monoisotopic (exact) mass is 507 g/mol. The zero-order chi connectivity index (χ0) is 24.6. The average molecular weight is 508 g/mol. The fraction of sp³-hybridized carbons (Fsp3) is 0. The SMILES string of the molecule is O=C(O)c1ccc(NS(=O)(=O)c2ccc3nc(Nc4cccc(-n5ccsc5=O)c4)[nH]c3c2)cc1. The van der Waals surface area contributed by atoms with Crippen LogP contribution in [0.2, 0.25) is 0 Å². The molecule has 12 heteroatoms. The predicted octanol–water partition coefficient (Wildman–Crippen LogP) is 4.02. The van der Waals surface area contributed by atoms with Crippen LogP contribution >= 0.6 is 11.3 Å². The summed E-state index contributed by atoms with van der Waals surface area (Å²) in [7, 11) is -3.92. The minimum atomic E-state index is -3.92. The molecule has 0 aliphatic carbocycles. The van der Waals surface area contributed by atoms with E-state index < -0.39 is 16.0 Å². The molecule has 0 amide bonds. The van der Waals surface area contributed by atoms with E-state index in [-0.39, 0.29) is 21.0 Å². The summed E-state index contributed by atoms with van der Waals surface area (Å²) in [5, 5.41) is 13.8. The highest BCUT2D eigenvalue weighted by Crippen LogP contribution is 2.24. The Morgan fingerprint density at radius 2 is 1.83 bits per heavy atom. The third-order valence-electron chi connectivity index (χ3n) is 5.11. The molecule has 5 aromatic rings. The number of fused-ring (bicyclic) bond motifs is 1. The summed E-state index contributed by atoms with van der Waals surface area (Å²) in [5.41, 5.74) is 2.75. The van der Waals surface area contributed by atoms with Crippen LogP contribution in [0.3, 0.4) is 0 Å². The molecule has 10 nitrogen and oxygen atoms in total. The summed E-state index contributed by atoms with van der Waals surface area (Å²) in [5.74, 6) is -0.692. The van der Waals surface area contributed by atoms with Gasteiger partial charge in [-0.1, -0.05) is 17.4 Å². The molecule has 0 aliphatic rings. The molecule has 35 heavy (non-hydrogen) atoms. The number of aromatic amines is 1. The lowest BCUT2D eigenvalue weighted by Crippen LogP contribution is -2.13. The van der Waals surface area contributed by atoms with Gasteiger partial charge in [0.05, 0.1) is 27.2 Å². The van der Waals surface area contributed by atoms with Crippen LogP contribution in [0.4, 0.5) is 17.3 Å². The number of benzene rings is 3. The first-order chi connectivity index (χ1) is 16.8. The molecule has 0 atom stereocenters. The number of aromatic nitrogens is 3. The topological polar surface area (TPSA) is 146 Å². The summed E-state index contributed by atoms with van der Waals surface area (Å²) in [6.07, 6.45) is 1.70. The maximum atomic E-state index is 12.8. The number of nitrogens with zero attached hydrogens (tertiary/aromatic N) is 2. The molecule has 176 valence electrons. The number of rotatable bonds is 7. The highest BCUT2D eigenvalue weighted by atomic mass is 32.2. The van der Waals surface area contributed by atoms with Gasteiger partial charge in [0.1, 0.15) is 0 Å². The molecule has 4 N–H and O–H groups in total. The second-order valence-electron chi connectivity index (χ2n) is 7.47. The first-order valence-electron chi connectivity index (χ1n) is 10.2. The number of thiazole rings is 1. The maximum absolute atomic E-state index is 12.8. The lowest BCUT2D eigenvalue weighted by molar-refractivity contribution is 0.0697. The van der Waals surface area contributed by atoms with Crippen molar-refractivity contribution in [2.24, 2.45) is 0 Å². The zero-order valence-corrected chi connectivity index (χ0v) is 19.4. The van der Waals surface area contributed by atoms with Gasteiger partial charge in [-0.05, 0) is 60.7 Å². The van der Waals surface area contributed by atoms with Crippen molar-refractivity contribution in [2.45, 2.75) is 4.90 Å². The highest BCUT2D eigenvalue weighted by molar-refractivity contribution is 7.92. The fourth-order valence-corrected chi connectivity index (χ4v) is 5.10. The van der Waals surface area contributed by atoms with E-state index >= 15 is 0 Å². The minimum Gasteiger partial charge on any atom is -0.478 e. The molecular formula is C23H17N5O5S2. The number of anilines is 3. The van der Waals surface area contributed by atoms with Gasteiger partial charge in [-0.15, -0.1) is 0 Å². The quantitative estimate of drug-likeness (QED) is 0.260. The van der Waals surface area contributed by atoms with Gasteiger partial charge in [0.2, 0.25) is 5.95 Å². The number of aromatic carboxylic acids is 1. The van der Waals surface area contributed by atoms with Crippen LogP contribution in [-0.2, 0) is 10.0 Å². The van der Waals surface area contributed by atoms with E-state index in [1.54, 1.807) is 23.7 Å². The molecule has 0 spiro atoms. The second-order valence-corrected chi connectivity index (χ2v) is 10.0. The first-order valence-corrected chi connectivity index (χ1v) is 12.5. The summed E-state index contributed by atoms with van der Waals surface area (Å²) in [4.78, 5) is 30.4. The van der Waals surface area contributed by atoms with E-state index in [1.165, 1.54) is 41.0 Å². The van der Waals surface area contributed by atoms with Gasteiger partial charge < -0.3 is 15.4 Å². The molecular weight excluding hydrogens is 490 g/mol.